The van der Waals surface area contributed by atoms with E-state index in [4.69, 9.17) is 16.3 Å². The third-order valence-electron chi connectivity index (χ3n) is 6.52. The van der Waals surface area contributed by atoms with Gasteiger partial charge in [-0.05, 0) is 68.9 Å². The van der Waals surface area contributed by atoms with Crippen molar-refractivity contribution in [3.8, 4) is 11.7 Å². The second-order valence-electron chi connectivity index (χ2n) is 9.27. The van der Waals surface area contributed by atoms with Crippen LogP contribution in [0.2, 0.25) is 5.15 Å². The number of carbonyl (C=O) groups is 1. The molecule has 1 N–H and O–H groups in total. The van der Waals surface area contributed by atoms with Crippen LogP contribution in [-0.2, 0) is 17.1 Å². The first-order valence-electron chi connectivity index (χ1n) is 11.6. The Bertz CT molecular complexity index is 1350. The lowest BCUT2D eigenvalue weighted by molar-refractivity contribution is 0.0981. The van der Waals surface area contributed by atoms with Gasteiger partial charge in [-0.2, -0.15) is 5.10 Å². The highest BCUT2D eigenvalue weighted by atomic mass is 35.5. The van der Waals surface area contributed by atoms with Gasteiger partial charge in [0, 0.05) is 25.5 Å². The van der Waals surface area contributed by atoms with Crippen molar-refractivity contribution in [1.82, 2.24) is 29.3 Å². The average molecular weight is 519 g/mol. The molecule has 35 heavy (non-hydrogen) atoms. The van der Waals surface area contributed by atoms with E-state index in [1.54, 1.807) is 26.2 Å². The predicted molar refractivity (Wildman–Crippen MR) is 128 cm³/mol. The molecule has 3 aromatic rings. The maximum atomic E-state index is 12.6. The van der Waals surface area contributed by atoms with E-state index >= 15 is 0 Å². The lowest BCUT2D eigenvalue weighted by Crippen LogP contribution is -2.31. The summed E-state index contributed by atoms with van der Waals surface area (Å²) >= 11 is 6.23. The minimum absolute atomic E-state index is 0.0737. The van der Waals surface area contributed by atoms with Gasteiger partial charge in [-0.15, -0.1) is 5.10 Å². The van der Waals surface area contributed by atoms with Crippen molar-refractivity contribution < 1.29 is 17.9 Å². The number of nitrogens with one attached hydrogen (secondary N) is 1. The van der Waals surface area contributed by atoms with E-state index < -0.39 is 15.9 Å². The maximum Gasteiger partial charge on any atom is 0.268 e. The SMILES string of the molecule is Cc1nn(C)cc1S(=O)(=O)NC(=O)c1ccc(-n2ccc(OCCC(C3CC3)C3CC3)n2)nc1Cl. The van der Waals surface area contributed by atoms with Gasteiger partial charge in [0.05, 0.1) is 17.9 Å². The van der Waals surface area contributed by atoms with Crippen molar-refractivity contribution in [3.05, 3.63) is 47.0 Å². The van der Waals surface area contributed by atoms with Crippen LogP contribution in [-0.4, -0.2) is 45.5 Å². The monoisotopic (exact) mass is 518 g/mol. The van der Waals surface area contributed by atoms with Gasteiger partial charge in [-0.25, -0.2) is 22.8 Å². The quantitative estimate of drug-likeness (QED) is 0.409. The third-order valence-corrected chi connectivity index (χ3v) is 8.24. The fourth-order valence-electron chi connectivity index (χ4n) is 4.51. The van der Waals surface area contributed by atoms with Gasteiger partial charge in [0.15, 0.2) is 5.82 Å². The van der Waals surface area contributed by atoms with E-state index in [1.807, 2.05) is 4.72 Å². The van der Waals surface area contributed by atoms with Crippen LogP contribution in [0.25, 0.3) is 5.82 Å². The molecule has 186 valence electrons. The Hall–Kier alpha value is -2.92. The molecular formula is C23H27ClN6O4S. The lowest BCUT2D eigenvalue weighted by Gasteiger charge is -2.14. The van der Waals surface area contributed by atoms with Crippen molar-refractivity contribution in [1.29, 1.82) is 0 Å². The number of carbonyl (C=O) groups excluding carboxylic acids is 1. The van der Waals surface area contributed by atoms with Crippen LogP contribution in [0.5, 0.6) is 5.88 Å². The Kier molecular flexibility index (Phi) is 6.30. The molecule has 0 saturated heterocycles. The average Bonchev–Trinajstić information content (AvgIpc) is 3.73. The smallest absolute Gasteiger partial charge is 0.268 e. The number of hydrogen-bond donors (Lipinski definition) is 1. The van der Waals surface area contributed by atoms with Crippen molar-refractivity contribution in [2.24, 2.45) is 24.8 Å². The molecule has 0 radical (unpaired) electrons. The highest BCUT2D eigenvalue weighted by Gasteiger charge is 2.40. The standard InChI is InChI=1S/C23H27ClN6O4S/c1-14-19(13-29(2)26-14)35(32,33)28-23(31)18-7-8-20(25-22(18)24)30-11-9-21(27-30)34-12-10-17(15-3-4-15)16-5-6-16/h7-9,11,13,15-17H,3-6,10,12H2,1-2H3,(H,28,31). The summed E-state index contributed by atoms with van der Waals surface area (Å²) in [6.07, 6.45) is 9.48. The zero-order valence-corrected chi connectivity index (χ0v) is 21.1. The van der Waals surface area contributed by atoms with Gasteiger partial charge in [-0.3, -0.25) is 9.48 Å². The molecule has 5 rings (SSSR count). The first-order chi connectivity index (χ1) is 16.7. The summed E-state index contributed by atoms with van der Waals surface area (Å²) in [6, 6.07) is 4.70. The van der Waals surface area contributed by atoms with Gasteiger partial charge in [0.1, 0.15) is 10.0 Å². The van der Waals surface area contributed by atoms with E-state index in [-0.39, 0.29) is 21.3 Å². The lowest BCUT2D eigenvalue weighted by atomic mass is 9.95. The third kappa shape index (κ3) is 5.35. The Morgan fingerprint density at radius 1 is 1.20 bits per heavy atom. The molecule has 3 aromatic heterocycles. The molecule has 2 aliphatic rings. The summed E-state index contributed by atoms with van der Waals surface area (Å²) in [7, 11) is -2.52. The Balaban J connectivity index is 1.22. The van der Waals surface area contributed by atoms with Gasteiger partial charge in [0.25, 0.3) is 15.9 Å². The molecule has 0 bridgehead atoms. The van der Waals surface area contributed by atoms with Crippen LogP contribution in [0, 0.1) is 24.7 Å². The zero-order valence-electron chi connectivity index (χ0n) is 19.5. The number of aromatic nitrogens is 5. The van der Waals surface area contributed by atoms with Crippen LogP contribution in [0.1, 0.15) is 48.2 Å². The maximum absolute atomic E-state index is 12.6. The predicted octanol–water partition coefficient (Wildman–Crippen LogP) is 3.29. The summed E-state index contributed by atoms with van der Waals surface area (Å²) in [5, 5.41) is 8.24. The zero-order chi connectivity index (χ0) is 24.7. The fourth-order valence-corrected chi connectivity index (χ4v) is 5.93. The largest absolute Gasteiger partial charge is 0.477 e. The van der Waals surface area contributed by atoms with Gasteiger partial charge in [0.2, 0.25) is 5.88 Å². The van der Waals surface area contributed by atoms with E-state index in [0.29, 0.717) is 18.3 Å². The molecule has 2 aliphatic carbocycles. The van der Waals surface area contributed by atoms with Crippen molar-refractivity contribution in [2.75, 3.05) is 6.61 Å². The number of sulfonamides is 1. The minimum atomic E-state index is -4.11. The molecule has 12 heteroatoms. The molecule has 0 atom stereocenters. The Labute approximate surface area is 208 Å². The molecular weight excluding hydrogens is 492 g/mol. The summed E-state index contributed by atoms with van der Waals surface area (Å²) in [4.78, 5) is 16.7. The molecule has 2 saturated carbocycles. The molecule has 0 aliphatic heterocycles. The highest BCUT2D eigenvalue weighted by molar-refractivity contribution is 7.90. The molecule has 1 amide bonds. The number of hydrogen-bond acceptors (Lipinski definition) is 7. The Morgan fingerprint density at radius 3 is 2.51 bits per heavy atom. The Morgan fingerprint density at radius 2 is 1.91 bits per heavy atom. The number of amides is 1. The first-order valence-corrected chi connectivity index (χ1v) is 13.5. The molecule has 0 aromatic carbocycles. The number of pyridine rings is 1. The molecule has 0 unspecified atom stereocenters. The summed E-state index contributed by atoms with van der Waals surface area (Å²) < 4.78 is 35.9. The summed E-state index contributed by atoms with van der Waals surface area (Å²) in [5.74, 6) is 2.53. The van der Waals surface area contributed by atoms with Crippen molar-refractivity contribution in [3.63, 3.8) is 0 Å². The number of halogens is 1. The number of aryl methyl sites for hydroxylation is 2. The molecule has 2 fully saturated rings. The normalized spacial score (nSPS) is 16.0. The topological polar surface area (TPSA) is 121 Å². The van der Waals surface area contributed by atoms with Gasteiger partial charge >= 0.3 is 0 Å². The van der Waals surface area contributed by atoms with E-state index in [0.717, 1.165) is 24.2 Å². The van der Waals surface area contributed by atoms with Crippen molar-refractivity contribution >= 4 is 27.5 Å². The second-order valence-corrected chi connectivity index (χ2v) is 11.3. The summed E-state index contributed by atoms with van der Waals surface area (Å²) in [6.45, 7) is 2.18. The molecule has 0 spiro atoms. The van der Waals surface area contributed by atoms with Crippen LogP contribution >= 0.6 is 11.6 Å². The molecule has 10 nitrogen and oxygen atoms in total. The highest BCUT2D eigenvalue weighted by Crippen LogP contribution is 2.50. The fraction of sp³-hybridized carbons (Fsp3) is 0.478. The number of ether oxygens (including phenoxy) is 1. The van der Waals surface area contributed by atoms with Gasteiger partial charge < -0.3 is 4.74 Å². The summed E-state index contributed by atoms with van der Waals surface area (Å²) in [5.41, 5.74) is 0.204. The van der Waals surface area contributed by atoms with Crippen LogP contribution < -0.4 is 9.46 Å². The van der Waals surface area contributed by atoms with E-state index in [9.17, 15) is 13.2 Å². The molecule has 3 heterocycles. The van der Waals surface area contributed by atoms with Crippen LogP contribution in [0.4, 0.5) is 0 Å². The van der Waals surface area contributed by atoms with Crippen LogP contribution in [0.3, 0.4) is 0 Å². The number of nitrogens with zero attached hydrogens (tertiary/aromatic N) is 5. The van der Waals surface area contributed by atoms with E-state index in [1.165, 1.54) is 53.4 Å². The van der Waals surface area contributed by atoms with Crippen molar-refractivity contribution in [2.45, 2.75) is 43.9 Å². The van der Waals surface area contributed by atoms with E-state index in [2.05, 4.69) is 15.2 Å². The van der Waals surface area contributed by atoms with Crippen LogP contribution in [0.15, 0.2) is 35.5 Å². The minimum Gasteiger partial charge on any atom is -0.477 e. The first kappa shape index (κ1) is 23.8. The van der Waals surface area contributed by atoms with Gasteiger partial charge in [-0.1, -0.05) is 11.6 Å². The number of rotatable bonds is 10. The second kappa shape index (κ2) is 9.27.